The third-order valence-electron chi connectivity index (χ3n) is 13.9. The predicted octanol–water partition coefficient (Wildman–Crippen LogP) is 17.6. The van der Waals surface area contributed by atoms with E-state index in [1.54, 1.807) is 0 Å². The highest BCUT2D eigenvalue weighted by Crippen LogP contribution is 2.16. The Labute approximate surface area is 411 Å². The van der Waals surface area contributed by atoms with Crippen molar-refractivity contribution in [2.45, 2.75) is 290 Å². The van der Waals surface area contributed by atoms with Crippen molar-refractivity contribution in [2.24, 2.45) is 0 Å². The maximum absolute atomic E-state index is 13.6. The molecule has 0 saturated carbocycles. The second-order valence-corrected chi connectivity index (χ2v) is 20.1. The van der Waals surface area contributed by atoms with Crippen LogP contribution in [0.15, 0.2) is 36.5 Å². The smallest absolute Gasteiger partial charge is 0.222 e. The van der Waals surface area contributed by atoms with Crippen LogP contribution in [-0.2, 0) is 14.4 Å². The van der Waals surface area contributed by atoms with Gasteiger partial charge in [0.2, 0.25) is 17.7 Å². The Bertz CT molecular complexity index is 1020. The van der Waals surface area contributed by atoms with Gasteiger partial charge in [0.15, 0.2) is 0 Å². The van der Waals surface area contributed by atoms with E-state index in [1.165, 1.54) is 212 Å². The maximum Gasteiger partial charge on any atom is 0.222 e. The molecule has 384 valence electrons. The van der Waals surface area contributed by atoms with E-state index in [4.69, 9.17) is 0 Å². The molecule has 0 atom stereocenters. The fraction of sp³-hybridized carbons (Fsp3) is 0.850. The van der Waals surface area contributed by atoms with Crippen LogP contribution in [0.4, 0.5) is 0 Å². The zero-order valence-electron chi connectivity index (χ0n) is 44.5. The van der Waals surface area contributed by atoms with Crippen molar-refractivity contribution in [3.8, 4) is 0 Å². The Morgan fingerprint density at radius 2 is 0.424 bits per heavy atom. The third kappa shape index (κ3) is 39.6. The van der Waals surface area contributed by atoms with Gasteiger partial charge in [-0.2, -0.15) is 0 Å². The summed E-state index contributed by atoms with van der Waals surface area (Å²) in [6.45, 7) is 10.2. The van der Waals surface area contributed by atoms with E-state index >= 15 is 0 Å². The Morgan fingerprint density at radius 3 is 0.621 bits per heavy atom. The number of hydrogen-bond donors (Lipinski definition) is 0. The van der Waals surface area contributed by atoms with Crippen LogP contribution in [0.3, 0.4) is 0 Å². The van der Waals surface area contributed by atoms with Crippen LogP contribution in [0.25, 0.3) is 0 Å². The standard InChI is InChI=1S/C60H111N3O3/c1-4-7-10-13-16-19-22-25-28-31-34-37-40-43-46-49-58(64)61-52-54-62(59(65)50-47-44-41-38-35-32-29-26-23-20-17-14-11-8-5-2)56-57-63(55-53-61)60(66)51-48-45-42-39-36-33-30-27-24-21-18-15-12-9-6-3/h25-30H,4-24,31-57H2,1-3H3/b28-25-,29-26-,30-27-. The van der Waals surface area contributed by atoms with Crippen molar-refractivity contribution >= 4 is 17.7 Å². The van der Waals surface area contributed by atoms with Gasteiger partial charge in [0.05, 0.1) is 0 Å². The summed E-state index contributed by atoms with van der Waals surface area (Å²) in [5.74, 6) is 0.552. The fourth-order valence-electron chi connectivity index (χ4n) is 9.32. The second-order valence-electron chi connectivity index (χ2n) is 20.1. The van der Waals surface area contributed by atoms with Gasteiger partial charge in [-0.3, -0.25) is 14.4 Å². The molecule has 0 spiro atoms. The molecular formula is C60H111N3O3. The van der Waals surface area contributed by atoms with Crippen molar-refractivity contribution in [3.05, 3.63) is 36.5 Å². The lowest BCUT2D eigenvalue weighted by molar-refractivity contribution is -0.135. The zero-order valence-corrected chi connectivity index (χ0v) is 44.5. The molecule has 0 N–H and O–H groups in total. The van der Waals surface area contributed by atoms with Gasteiger partial charge >= 0.3 is 0 Å². The summed E-state index contributed by atoms with van der Waals surface area (Å²) in [5, 5.41) is 0. The number of unbranched alkanes of at least 4 members (excludes halogenated alkanes) is 33. The number of hydrogen-bond acceptors (Lipinski definition) is 3. The molecule has 1 aliphatic heterocycles. The quantitative estimate of drug-likeness (QED) is 0.0452. The first-order chi connectivity index (χ1) is 32.5. The van der Waals surface area contributed by atoms with Gasteiger partial charge in [0.1, 0.15) is 0 Å². The highest BCUT2D eigenvalue weighted by molar-refractivity contribution is 5.78. The largest absolute Gasteiger partial charge is 0.339 e. The molecule has 6 nitrogen and oxygen atoms in total. The summed E-state index contributed by atoms with van der Waals surface area (Å²) in [7, 11) is 0. The minimum absolute atomic E-state index is 0.184. The normalized spacial score (nSPS) is 14.0. The minimum Gasteiger partial charge on any atom is -0.339 e. The molecule has 1 heterocycles. The van der Waals surface area contributed by atoms with E-state index in [0.717, 1.165) is 38.5 Å². The molecule has 1 rings (SSSR count). The summed E-state index contributed by atoms with van der Waals surface area (Å²) in [6.07, 6.45) is 64.5. The number of amides is 3. The number of rotatable bonds is 45. The molecule has 66 heavy (non-hydrogen) atoms. The van der Waals surface area contributed by atoms with Crippen molar-refractivity contribution in [1.29, 1.82) is 0 Å². The molecule has 0 unspecified atom stereocenters. The van der Waals surface area contributed by atoms with Crippen LogP contribution in [0.2, 0.25) is 0 Å². The van der Waals surface area contributed by atoms with Crippen LogP contribution >= 0.6 is 0 Å². The summed E-state index contributed by atoms with van der Waals surface area (Å²) in [4.78, 5) is 46.8. The number of carbonyl (C=O) groups is 3. The minimum atomic E-state index is 0.184. The van der Waals surface area contributed by atoms with E-state index in [1.807, 2.05) is 14.7 Å². The van der Waals surface area contributed by atoms with Gasteiger partial charge < -0.3 is 14.7 Å². The van der Waals surface area contributed by atoms with Crippen LogP contribution in [-0.4, -0.2) is 71.7 Å². The lowest BCUT2D eigenvalue weighted by Gasteiger charge is -2.26. The van der Waals surface area contributed by atoms with E-state index < -0.39 is 0 Å². The van der Waals surface area contributed by atoms with Gasteiger partial charge in [0.25, 0.3) is 0 Å². The monoisotopic (exact) mass is 922 g/mol. The summed E-state index contributed by atoms with van der Waals surface area (Å²) < 4.78 is 0. The first-order valence-electron chi connectivity index (χ1n) is 29.3. The van der Waals surface area contributed by atoms with E-state index in [2.05, 4.69) is 57.2 Å². The highest BCUT2D eigenvalue weighted by Gasteiger charge is 2.24. The molecule has 0 radical (unpaired) electrons. The van der Waals surface area contributed by atoms with Gasteiger partial charge in [-0.25, -0.2) is 0 Å². The van der Waals surface area contributed by atoms with Crippen molar-refractivity contribution < 1.29 is 14.4 Å². The van der Waals surface area contributed by atoms with Gasteiger partial charge in [-0.05, 0) is 96.3 Å². The molecule has 1 saturated heterocycles. The van der Waals surface area contributed by atoms with Crippen LogP contribution in [0.5, 0.6) is 0 Å². The van der Waals surface area contributed by atoms with E-state index in [9.17, 15) is 14.4 Å². The topological polar surface area (TPSA) is 60.9 Å². The van der Waals surface area contributed by atoms with Crippen LogP contribution in [0, 0.1) is 0 Å². The Kier molecular flexibility index (Phi) is 45.8. The fourth-order valence-corrected chi connectivity index (χ4v) is 9.32. The average molecular weight is 923 g/mol. The van der Waals surface area contributed by atoms with Crippen LogP contribution < -0.4 is 0 Å². The number of allylic oxidation sites excluding steroid dienone is 6. The Hall–Kier alpha value is -2.37. The van der Waals surface area contributed by atoms with Crippen molar-refractivity contribution in [1.82, 2.24) is 14.7 Å². The molecule has 0 aromatic carbocycles. The Morgan fingerprint density at radius 1 is 0.258 bits per heavy atom. The second kappa shape index (κ2) is 49.1. The molecule has 0 bridgehead atoms. The van der Waals surface area contributed by atoms with Crippen molar-refractivity contribution in [3.63, 3.8) is 0 Å². The predicted molar refractivity (Wildman–Crippen MR) is 288 cm³/mol. The van der Waals surface area contributed by atoms with Gasteiger partial charge in [-0.15, -0.1) is 0 Å². The number of nitrogens with zero attached hydrogens (tertiary/aromatic N) is 3. The van der Waals surface area contributed by atoms with Gasteiger partial charge in [-0.1, -0.05) is 211 Å². The van der Waals surface area contributed by atoms with Crippen molar-refractivity contribution in [2.75, 3.05) is 39.3 Å². The average Bonchev–Trinajstić information content (AvgIpc) is 3.43. The molecule has 1 aliphatic rings. The summed E-state index contributed by atoms with van der Waals surface area (Å²) in [6, 6.07) is 0. The SMILES string of the molecule is CCCCCCCC/C=C\CCCCCCCC(=O)N1CCN(C(=O)CCCCCCC/C=C\CCCCCCCC)CCN(C(=O)CCCCCCC/C=C\CCCCCCCC)CC1. The van der Waals surface area contributed by atoms with E-state index in [-0.39, 0.29) is 17.7 Å². The first-order valence-corrected chi connectivity index (χ1v) is 29.3. The molecular weight excluding hydrogens is 811 g/mol. The molecule has 3 amide bonds. The Balaban J connectivity index is 2.50. The molecule has 0 aromatic heterocycles. The lowest BCUT2D eigenvalue weighted by atomic mass is 10.1. The third-order valence-corrected chi connectivity index (χ3v) is 13.9. The zero-order chi connectivity index (χ0) is 47.6. The molecule has 0 aliphatic carbocycles. The lowest BCUT2D eigenvalue weighted by Crippen LogP contribution is -2.41. The molecule has 6 heteroatoms. The summed E-state index contributed by atoms with van der Waals surface area (Å²) in [5.41, 5.74) is 0. The van der Waals surface area contributed by atoms with Gasteiger partial charge in [0, 0.05) is 58.5 Å². The summed E-state index contributed by atoms with van der Waals surface area (Å²) >= 11 is 0. The maximum atomic E-state index is 13.6. The highest BCUT2D eigenvalue weighted by atomic mass is 16.2. The van der Waals surface area contributed by atoms with E-state index in [0.29, 0.717) is 58.5 Å². The van der Waals surface area contributed by atoms with Crippen LogP contribution in [0.1, 0.15) is 290 Å². The molecule has 1 fully saturated rings. The first kappa shape index (κ1) is 61.6. The molecule has 0 aromatic rings. The number of carbonyl (C=O) groups excluding carboxylic acids is 3.